The minimum Gasteiger partial charge on any atom is -0.493 e. The van der Waals surface area contributed by atoms with Crippen LogP contribution in [0.5, 0.6) is 5.88 Å². The molecule has 3 amide bonds. The average molecular weight is 518 g/mol. The number of fused-ring (bicyclic) bond motifs is 1. The second-order valence-corrected chi connectivity index (χ2v) is 8.59. The molecule has 0 aliphatic carbocycles. The fourth-order valence-corrected chi connectivity index (χ4v) is 4.04. The minimum absolute atomic E-state index is 0.0817. The summed E-state index contributed by atoms with van der Waals surface area (Å²) in [7, 11) is 0. The monoisotopic (exact) mass is 517 g/mol. The molecule has 5 aromatic rings. The predicted octanol–water partition coefficient (Wildman–Crippen LogP) is 6.16. The van der Waals surface area contributed by atoms with Crippen molar-refractivity contribution in [3.8, 4) is 5.88 Å². The van der Waals surface area contributed by atoms with Crippen molar-refractivity contribution >= 4 is 45.7 Å². The quantitative estimate of drug-likeness (QED) is 0.224. The Bertz CT molecular complexity index is 1680. The van der Waals surface area contributed by atoms with E-state index in [-0.39, 0.29) is 35.5 Å². The van der Waals surface area contributed by atoms with Crippen molar-refractivity contribution in [1.82, 2.24) is 4.57 Å². The third kappa shape index (κ3) is 5.72. The molecule has 0 unspecified atom stereocenters. The number of carbonyl (C=O) groups excluding carboxylic acids is 3. The standard InChI is InChI=1S/C30H23N5O4/c36-26(31-22-11-5-2-6-12-22)19-35-25-14-8-7-13-24(25)27(30(35)39)33-34-29(38)21-15-17-23(18-16-21)32-28(37)20-9-3-1-4-10-20/h1-18,39H,19H2,(H,31,36)(H,32,37). The zero-order valence-corrected chi connectivity index (χ0v) is 20.6. The number of benzene rings is 4. The number of carbonyl (C=O) groups is 3. The first-order chi connectivity index (χ1) is 19.0. The Balaban J connectivity index is 1.32. The number of nitrogens with zero attached hydrogens (tertiary/aromatic N) is 3. The highest BCUT2D eigenvalue weighted by atomic mass is 16.3. The molecule has 0 saturated carbocycles. The summed E-state index contributed by atoms with van der Waals surface area (Å²) in [6.07, 6.45) is 0. The van der Waals surface area contributed by atoms with Crippen LogP contribution in [-0.4, -0.2) is 27.4 Å². The molecule has 0 spiro atoms. The Labute approximate surface area is 223 Å². The smallest absolute Gasteiger partial charge is 0.295 e. The van der Waals surface area contributed by atoms with E-state index in [1.165, 1.54) is 16.7 Å². The van der Waals surface area contributed by atoms with E-state index >= 15 is 0 Å². The highest BCUT2D eigenvalue weighted by Gasteiger charge is 2.19. The van der Waals surface area contributed by atoms with Crippen molar-refractivity contribution in [3.63, 3.8) is 0 Å². The summed E-state index contributed by atoms with van der Waals surface area (Å²) >= 11 is 0. The van der Waals surface area contributed by atoms with Crippen LogP contribution in [0, 0.1) is 0 Å². The van der Waals surface area contributed by atoms with Gasteiger partial charge >= 0.3 is 0 Å². The highest BCUT2D eigenvalue weighted by Crippen LogP contribution is 2.38. The van der Waals surface area contributed by atoms with Gasteiger partial charge in [0.05, 0.1) is 5.52 Å². The van der Waals surface area contributed by atoms with Gasteiger partial charge in [0.2, 0.25) is 11.8 Å². The molecule has 4 aromatic carbocycles. The molecule has 3 N–H and O–H groups in total. The average Bonchev–Trinajstić information content (AvgIpc) is 3.23. The van der Waals surface area contributed by atoms with Gasteiger partial charge in [0.25, 0.3) is 11.8 Å². The lowest BCUT2D eigenvalue weighted by atomic mass is 10.2. The molecule has 1 aromatic heterocycles. The molecule has 0 fully saturated rings. The van der Waals surface area contributed by atoms with E-state index in [0.717, 1.165) is 0 Å². The number of amides is 3. The van der Waals surface area contributed by atoms with E-state index in [1.807, 2.05) is 24.3 Å². The predicted molar refractivity (Wildman–Crippen MR) is 148 cm³/mol. The fraction of sp³-hybridized carbons (Fsp3) is 0.0333. The van der Waals surface area contributed by atoms with Crippen LogP contribution in [0.25, 0.3) is 10.9 Å². The Hall–Kier alpha value is -5.57. The summed E-state index contributed by atoms with van der Waals surface area (Å²) < 4.78 is 1.41. The van der Waals surface area contributed by atoms with Gasteiger partial charge in [-0.15, -0.1) is 10.2 Å². The van der Waals surface area contributed by atoms with Crippen molar-refractivity contribution in [2.75, 3.05) is 10.6 Å². The molecule has 192 valence electrons. The lowest BCUT2D eigenvalue weighted by Crippen LogP contribution is -2.18. The third-order valence-corrected chi connectivity index (χ3v) is 5.94. The Morgan fingerprint density at radius 3 is 2.03 bits per heavy atom. The first-order valence-electron chi connectivity index (χ1n) is 12.1. The summed E-state index contributed by atoms with van der Waals surface area (Å²) in [5, 5.41) is 24.8. The first-order valence-corrected chi connectivity index (χ1v) is 12.1. The summed E-state index contributed by atoms with van der Waals surface area (Å²) in [5.74, 6) is -1.51. The molecule has 0 aliphatic heterocycles. The van der Waals surface area contributed by atoms with Crippen molar-refractivity contribution in [2.24, 2.45) is 10.2 Å². The van der Waals surface area contributed by atoms with Crippen molar-refractivity contribution in [2.45, 2.75) is 6.54 Å². The van der Waals surface area contributed by atoms with E-state index in [2.05, 4.69) is 20.9 Å². The maximum Gasteiger partial charge on any atom is 0.295 e. The molecular weight excluding hydrogens is 494 g/mol. The van der Waals surface area contributed by atoms with Crippen LogP contribution in [0.3, 0.4) is 0 Å². The van der Waals surface area contributed by atoms with Gasteiger partial charge in [-0.05, 0) is 54.6 Å². The van der Waals surface area contributed by atoms with Crippen molar-refractivity contribution in [3.05, 3.63) is 120 Å². The number of azo groups is 1. The van der Waals surface area contributed by atoms with Crippen LogP contribution in [-0.2, 0) is 11.3 Å². The lowest BCUT2D eigenvalue weighted by Gasteiger charge is -2.08. The van der Waals surface area contributed by atoms with Gasteiger partial charge in [-0.1, -0.05) is 54.6 Å². The number of aromatic nitrogens is 1. The Morgan fingerprint density at radius 1 is 0.692 bits per heavy atom. The number of aromatic hydroxyl groups is 1. The van der Waals surface area contributed by atoms with Gasteiger partial charge in [-0.3, -0.25) is 14.4 Å². The Kier molecular flexibility index (Phi) is 7.22. The maximum atomic E-state index is 12.7. The molecule has 9 heteroatoms. The number of anilines is 2. The number of rotatable bonds is 7. The minimum atomic E-state index is -0.631. The van der Waals surface area contributed by atoms with E-state index in [1.54, 1.807) is 72.8 Å². The second-order valence-electron chi connectivity index (χ2n) is 8.59. The van der Waals surface area contributed by atoms with Gasteiger partial charge in [0, 0.05) is 27.9 Å². The number of para-hydroxylation sites is 2. The topological polar surface area (TPSA) is 125 Å². The lowest BCUT2D eigenvalue weighted by molar-refractivity contribution is -0.116. The second kappa shape index (κ2) is 11.2. The summed E-state index contributed by atoms with van der Waals surface area (Å²) in [6, 6.07) is 31.0. The fourth-order valence-electron chi connectivity index (χ4n) is 4.04. The molecule has 0 atom stereocenters. The molecular formula is C30H23N5O4. The van der Waals surface area contributed by atoms with Crippen LogP contribution in [0.1, 0.15) is 20.7 Å². The van der Waals surface area contributed by atoms with Crippen LogP contribution >= 0.6 is 0 Å². The number of hydrogen-bond acceptors (Lipinski definition) is 5. The normalized spacial score (nSPS) is 11.0. The van der Waals surface area contributed by atoms with Crippen LogP contribution in [0.2, 0.25) is 0 Å². The van der Waals surface area contributed by atoms with E-state index < -0.39 is 5.91 Å². The largest absolute Gasteiger partial charge is 0.493 e. The van der Waals surface area contributed by atoms with Crippen LogP contribution in [0.4, 0.5) is 17.1 Å². The number of hydrogen-bond donors (Lipinski definition) is 3. The van der Waals surface area contributed by atoms with Gasteiger partial charge in [-0.2, -0.15) is 0 Å². The molecule has 9 nitrogen and oxygen atoms in total. The van der Waals surface area contributed by atoms with E-state index in [0.29, 0.717) is 27.8 Å². The maximum absolute atomic E-state index is 12.7. The summed E-state index contributed by atoms with van der Waals surface area (Å²) in [5.41, 5.74) is 2.57. The molecule has 0 radical (unpaired) electrons. The summed E-state index contributed by atoms with van der Waals surface area (Å²) in [4.78, 5) is 37.7. The van der Waals surface area contributed by atoms with E-state index in [9.17, 15) is 19.5 Å². The zero-order valence-electron chi connectivity index (χ0n) is 20.6. The molecule has 39 heavy (non-hydrogen) atoms. The molecule has 1 heterocycles. The van der Waals surface area contributed by atoms with Gasteiger partial charge < -0.3 is 20.3 Å². The highest BCUT2D eigenvalue weighted by molar-refractivity contribution is 6.04. The molecule has 0 bridgehead atoms. The van der Waals surface area contributed by atoms with Gasteiger partial charge in [0.15, 0.2) is 5.69 Å². The first kappa shape index (κ1) is 25.1. The number of nitrogens with one attached hydrogen (secondary N) is 2. The van der Waals surface area contributed by atoms with Crippen LogP contribution < -0.4 is 10.6 Å². The third-order valence-electron chi connectivity index (χ3n) is 5.94. The summed E-state index contributed by atoms with van der Waals surface area (Å²) in [6.45, 7) is -0.166. The zero-order chi connectivity index (χ0) is 27.2. The van der Waals surface area contributed by atoms with Gasteiger partial charge in [0.1, 0.15) is 6.54 Å². The molecule has 5 rings (SSSR count). The molecule has 0 saturated heterocycles. The molecule has 0 aliphatic rings. The Morgan fingerprint density at radius 2 is 1.31 bits per heavy atom. The van der Waals surface area contributed by atoms with Crippen molar-refractivity contribution in [1.29, 1.82) is 0 Å². The van der Waals surface area contributed by atoms with Crippen molar-refractivity contribution < 1.29 is 19.5 Å². The van der Waals surface area contributed by atoms with E-state index in [4.69, 9.17) is 0 Å². The SMILES string of the molecule is O=C(Cn1c(O)c(N=NC(=O)c2ccc(NC(=O)c3ccccc3)cc2)c2ccccc21)Nc1ccccc1. The van der Waals surface area contributed by atoms with Crippen LogP contribution in [0.15, 0.2) is 119 Å². The van der Waals surface area contributed by atoms with Gasteiger partial charge in [-0.25, -0.2) is 0 Å².